The smallest absolute Gasteiger partial charge is 0.231 e. The minimum atomic E-state index is -1.77. The van der Waals surface area contributed by atoms with Crippen LogP contribution >= 0.6 is 24.0 Å². The fourth-order valence-corrected chi connectivity index (χ4v) is 10.1. The van der Waals surface area contributed by atoms with Gasteiger partial charge in [-0.15, -0.1) is 0 Å². The predicted octanol–water partition coefficient (Wildman–Crippen LogP) is 6.62. The summed E-state index contributed by atoms with van der Waals surface area (Å²) >= 11 is 7.23. The highest BCUT2D eigenvalue weighted by Gasteiger charge is 2.47. The minimum Gasteiger partial charge on any atom is -0.414 e. The molecule has 184 valence electrons. The molecule has 1 amide bonds. The maximum absolute atomic E-state index is 13.3. The molecule has 1 heterocycles. The molecule has 3 rings (SSSR count). The summed E-state index contributed by atoms with van der Waals surface area (Å²) in [4.78, 5) is 15.1. The number of benzene rings is 1. The van der Waals surface area contributed by atoms with E-state index in [1.54, 1.807) is 16.7 Å². The van der Waals surface area contributed by atoms with Crippen molar-refractivity contribution in [1.29, 1.82) is 0 Å². The van der Waals surface area contributed by atoms with Crippen LogP contribution in [0.3, 0.4) is 0 Å². The Morgan fingerprint density at radius 2 is 1.91 bits per heavy atom. The summed E-state index contributed by atoms with van der Waals surface area (Å²) in [5.41, 5.74) is 2.52. The number of hydrogen-bond acceptors (Lipinski definition) is 5. The number of aliphatic hydroxyl groups excluding tert-OH is 1. The van der Waals surface area contributed by atoms with Crippen molar-refractivity contribution >= 4 is 42.5 Å². The van der Waals surface area contributed by atoms with E-state index in [2.05, 4.69) is 45.9 Å². The van der Waals surface area contributed by atoms with Crippen molar-refractivity contribution in [2.75, 3.05) is 0 Å². The Labute approximate surface area is 211 Å². The van der Waals surface area contributed by atoms with Crippen LogP contribution < -0.4 is 0 Å². The Balaban J connectivity index is 1.66. The van der Waals surface area contributed by atoms with E-state index in [9.17, 15) is 9.90 Å². The highest BCUT2D eigenvalue weighted by Crippen LogP contribution is 2.49. The van der Waals surface area contributed by atoms with Crippen molar-refractivity contribution in [2.45, 2.75) is 114 Å². The molecule has 4 nitrogen and oxygen atoms in total. The van der Waals surface area contributed by atoms with Gasteiger partial charge in [0.1, 0.15) is 4.32 Å². The van der Waals surface area contributed by atoms with Crippen molar-refractivity contribution in [2.24, 2.45) is 0 Å². The lowest BCUT2D eigenvalue weighted by Crippen LogP contribution is -2.42. The van der Waals surface area contributed by atoms with E-state index >= 15 is 0 Å². The highest BCUT2D eigenvalue weighted by atomic mass is 32.2. The number of thiocarbonyl (C=S) groups is 1. The monoisotopic (exact) mass is 507 g/mol. The van der Waals surface area contributed by atoms with Crippen molar-refractivity contribution < 1.29 is 14.3 Å². The number of amides is 1. The van der Waals surface area contributed by atoms with Gasteiger partial charge in [0.05, 0.1) is 18.6 Å². The average molecular weight is 508 g/mol. The van der Waals surface area contributed by atoms with E-state index in [-0.39, 0.29) is 24.5 Å². The number of rotatable bonds is 13. The number of carbonyl (C=O) groups is 1. The molecule has 1 aliphatic heterocycles. The summed E-state index contributed by atoms with van der Waals surface area (Å²) < 4.78 is 7.43. The van der Waals surface area contributed by atoms with Gasteiger partial charge in [-0.2, -0.15) is 0 Å². The lowest BCUT2D eigenvalue weighted by Gasteiger charge is -2.34. The zero-order valence-electron chi connectivity index (χ0n) is 20.7. The third-order valence-electron chi connectivity index (χ3n) is 7.57. The maximum atomic E-state index is 13.3. The van der Waals surface area contributed by atoms with Gasteiger partial charge in [0.2, 0.25) is 5.91 Å². The normalized spacial score (nSPS) is 21.7. The predicted molar refractivity (Wildman–Crippen MR) is 145 cm³/mol. The van der Waals surface area contributed by atoms with Crippen LogP contribution in [-0.2, 0) is 15.6 Å². The molecule has 7 heteroatoms. The number of aliphatic hydroxyl groups is 1. The zero-order valence-corrected chi connectivity index (χ0v) is 23.4. The van der Waals surface area contributed by atoms with E-state index < -0.39 is 14.4 Å². The van der Waals surface area contributed by atoms with Crippen molar-refractivity contribution in [3.8, 4) is 0 Å². The molecule has 0 spiro atoms. The van der Waals surface area contributed by atoms with Crippen LogP contribution in [0, 0.1) is 0 Å². The first kappa shape index (κ1) is 26.9. The molecule has 0 bridgehead atoms. The second-order valence-electron chi connectivity index (χ2n) is 9.61. The highest BCUT2D eigenvalue weighted by molar-refractivity contribution is 8.23. The van der Waals surface area contributed by atoms with Gasteiger partial charge in [0.15, 0.2) is 8.32 Å². The summed E-state index contributed by atoms with van der Waals surface area (Å²) in [6, 6.07) is 11.7. The summed E-state index contributed by atoms with van der Waals surface area (Å²) in [7, 11) is -1.77. The number of unbranched alkanes of at least 4 members (excludes halogenated alkanes) is 2. The van der Waals surface area contributed by atoms with E-state index in [1.165, 1.54) is 24.0 Å². The molecule has 1 aliphatic carbocycles. The van der Waals surface area contributed by atoms with E-state index in [4.69, 9.17) is 16.6 Å². The van der Waals surface area contributed by atoms with Crippen molar-refractivity contribution in [1.82, 2.24) is 4.90 Å². The van der Waals surface area contributed by atoms with Gasteiger partial charge in [-0.25, -0.2) is 0 Å². The molecule has 1 aromatic carbocycles. The van der Waals surface area contributed by atoms with Crippen LogP contribution in [0.2, 0.25) is 18.1 Å². The first-order chi connectivity index (χ1) is 15.9. The standard InChI is InChI=1S/C26H41NO3S2Si/c1-5-9-10-14-21(30-33(6-2,7-3)8-4)17-20(28)18-24(29)27-25-22-15-12-11-13-19(22)16-23(25)32-26(27)31/h11-13,15,20-21,23,25,28H,5-10,14,16-18H2,1-4H3/t20-,21-,23+,25-/m1/s1. The Hall–Kier alpha value is -0.733. The van der Waals surface area contributed by atoms with Crippen LogP contribution in [0.1, 0.15) is 83.4 Å². The quantitative estimate of drug-likeness (QED) is 0.185. The molecule has 1 saturated heterocycles. The van der Waals surface area contributed by atoms with Gasteiger partial charge in [-0.3, -0.25) is 9.69 Å². The molecular formula is C26H41NO3S2Si. The van der Waals surface area contributed by atoms with Crippen LogP contribution in [0.15, 0.2) is 24.3 Å². The molecular weight excluding hydrogens is 467 g/mol. The summed E-state index contributed by atoms with van der Waals surface area (Å²) in [6.07, 6.45) is 5.33. The minimum absolute atomic E-state index is 0.00957. The van der Waals surface area contributed by atoms with Gasteiger partial charge >= 0.3 is 0 Å². The van der Waals surface area contributed by atoms with E-state index in [1.807, 2.05) is 6.07 Å². The second kappa shape index (κ2) is 12.3. The van der Waals surface area contributed by atoms with Gasteiger partial charge in [-0.05, 0) is 48.5 Å². The van der Waals surface area contributed by atoms with Gasteiger partial charge in [0, 0.05) is 11.4 Å². The molecule has 33 heavy (non-hydrogen) atoms. The number of carbonyl (C=O) groups excluding carboxylic acids is 1. The third kappa shape index (κ3) is 6.29. The molecule has 0 saturated carbocycles. The zero-order chi connectivity index (χ0) is 24.0. The molecule has 1 N–H and O–H groups in total. The first-order valence-electron chi connectivity index (χ1n) is 12.8. The lowest BCUT2D eigenvalue weighted by molar-refractivity contribution is -0.130. The first-order valence-corrected chi connectivity index (χ1v) is 16.7. The molecule has 1 aromatic rings. The van der Waals surface area contributed by atoms with Gasteiger partial charge in [0.25, 0.3) is 0 Å². The Morgan fingerprint density at radius 1 is 1.21 bits per heavy atom. The number of thioether (sulfide) groups is 1. The Kier molecular flexibility index (Phi) is 10.0. The topological polar surface area (TPSA) is 49.8 Å². The van der Waals surface area contributed by atoms with Gasteiger partial charge in [-0.1, -0.05) is 95.2 Å². The van der Waals surface area contributed by atoms with Crippen LogP contribution in [0.4, 0.5) is 0 Å². The Morgan fingerprint density at radius 3 is 2.58 bits per heavy atom. The number of nitrogens with zero attached hydrogens (tertiary/aromatic N) is 1. The molecule has 0 aromatic heterocycles. The average Bonchev–Trinajstić information content (AvgIpc) is 3.31. The second-order valence-corrected chi connectivity index (χ2v) is 16.2. The van der Waals surface area contributed by atoms with E-state index in [0.717, 1.165) is 37.4 Å². The number of fused-ring (bicyclic) bond motifs is 3. The van der Waals surface area contributed by atoms with Crippen LogP contribution in [0.25, 0.3) is 0 Å². The third-order valence-corrected chi connectivity index (χ3v) is 13.9. The lowest BCUT2D eigenvalue weighted by atomic mass is 10.0. The maximum Gasteiger partial charge on any atom is 0.231 e. The van der Waals surface area contributed by atoms with E-state index in [0.29, 0.717) is 16.0 Å². The van der Waals surface area contributed by atoms with Crippen LogP contribution in [-0.4, -0.2) is 46.0 Å². The summed E-state index contributed by atoms with van der Waals surface area (Å²) in [5, 5.41) is 11.3. The molecule has 2 aliphatic rings. The summed E-state index contributed by atoms with van der Waals surface area (Å²) in [6.45, 7) is 8.93. The fraction of sp³-hybridized carbons (Fsp3) is 0.692. The summed E-state index contributed by atoms with van der Waals surface area (Å²) in [5.74, 6) is -0.0542. The van der Waals surface area contributed by atoms with Gasteiger partial charge < -0.3 is 9.53 Å². The van der Waals surface area contributed by atoms with Crippen molar-refractivity contribution in [3.63, 3.8) is 0 Å². The number of hydrogen-bond donors (Lipinski definition) is 1. The SMILES string of the molecule is CCCCC[C@H](C[C@@H](O)CC(=O)N1C(=S)S[C@H]2Cc3ccccc3[C@H]21)O[Si](CC)(CC)CC. The van der Waals surface area contributed by atoms with Crippen molar-refractivity contribution in [3.05, 3.63) is 35.4 Å². The molecule has 0 unspecified atom stereocenters. The van der Waals surface area contributed by atoms with Crippen LogP contribution in [0.5, 0.6) is 0 Å². The Bertz CT molecular complexity index is 808. The fourth-order valence-electron chi connectivity index (χ4n) is 5.39. The largest absolute Gasteiger partial charge is 0.414 e. The molecule has 1 fully saturated rings. The molecule has 0 radical (unpaired) electrons. The molecule has 4 atom stereocenters.